The van der Waals surface area contributed by atoms with E-state index in [0.29, 0.717) is 37.3 Å². The van der Waals surface area contributed by atoms with Crippen molar-refractivity contribution in [2.24, 2.45) is 0 Å². The zero-order valence-corrected chi connectivity index (χ0v) is 20.2. The summed E-state index contributed by atoms with van der Waals surface area (Å²) in [4.78, 5) is 22.8. The van der Waals surface area contributed by atoms with Gasteiger partial charge in [0, 0.05) is 12.8 Å². The molecule has 0 heterocycles. The molecule has 0 saturated heterocycles. The van der Waals surface area contributed by atoms with Gasteiger partial charge in [-0.05, 0) is 48.8 Å². The number of carbonyl (C=O) groups excluding carboxylic acids is 1. The first-order valence-corrected chi connectivity index (χ1v) is 12.9. The molecule has 0 radical (unpaired) electrons. The average molecular weight is 452 g/mol. The molecule has 5 nitrogen and oxygen atoms in total. The van der Waals surface area contributed by atoms with Crippen LogP contribution in [0.15, 0.2) is 24.3 Å². The topological polar surface area (TPSA) is 75.6 Å². The maximum atomic E-state index is 12.3. The third kappa shape index (κ3) is 15.7. The highest BCUT2D eigenvalue weighted by molar-refractivity contribution is 7.99. The van der Waals surface area contributed by atoms with Gasteiger partial charge in [0.2, 0.25) is 5.91 Å². The summed E-state index contributed by atoms with van der Waals surface area (Å²) in [6.45, 7) is 4.95. The molecule has 1 aromatic rings. The molecule has 1 rings (SSSR count). The third-order valence-corrected chi connectivity index (χ3v) is 6.14. The molecule has 0 fully saturated rings. The number of carboxylic acid groups (broad SMARTS) is 1. The van der Waals surface area contributed by atoms with Crippen molar-refractivity contribution >= 4 is 29.3 Å². The standard InChI is InChI=1S/C25H41NO4S/c1-21(2)31-20-14-8-6-4-3-5-7-9-17-24(27)26-22-15-10-11-16-23(22)30-19-13-12-18-25(28)29/h10-11,15-16,21H,3-9,12-14,17-20H2,1-2H3,(H,26,27)(H,28,29). The summed E-state index contributed by atoms with van der Waals surface area (Å²) in [7, 11) is 0. The fourth-order valence-corrected chi connectivity index (χ4v) is 4.08. The van der Waals surface area contributed by atoms with Gasteiger partial charge in [-0.2, -0.15) is 11.8 Å². The summed E-state index contributed by atoms with van der Waals surface area (Å²) in [5, 5.41) is 12.4. The van der Waals surface area contributed by atoms with Gasteiger partial charge in [-0.1, -0.05) is 64.5 Å². The molecular weight excluding hydrogens is 410 g/mol. The minimum absolute atomic E-state index is 0.0181. The van der Waals surface area contributed by atoms with Crippen LogP contribution in [0.5, 0.6) is 5.75 Å². The Morgan fingerprint density at radius 3 is 2.19 bits per heavy atom. The van der Waals surface area contributed by atoms with Crippen molar-refractivity contribution in [1.82, 2.24) is 0 Å². The van der Waals surface area contributed by atoms with Gasteiger partial charge in [0.15, 0.2) is 0 Å². The number of carbonyl (C=O) groups is 2. The molecule has 31 heavy (non-hydrogen) atoms. The van der Waals surface area contributed by atoms with Crippen molar-refractivity contribution < 1.29 is 19.4 Å². The summed E-state index contributed by atoms with van der Waals surface area (Å²) in [5.41, 5.74) is 0.682. The molecular formula is C25H41NO4S. The van der Waals surface area contributed by atoms with E-state index in [-0.39, 0.29) is 12.3 Å². The fourth-order valence-electron chi connectivity index (χ4n) is 3.24. The lowest BCUT2D eigenvalue weighted by atomic mass is 10.1. The molecule has 0 aliphatic heterocycles. The molecule has 0 aromatic heterocycles. The number of thioether (sulfide) groups is 1. The number of rotatable bonds is 19. The van der Waals surface area contributed by atoms with Crippen molar-refractivity contribution in [3.8, 4) is 5.75 Å². The maximum absolute atomic E-state index is 12.3. The van der Waals surface area contributed by atoms with Crippen molar-refractivity contribution in [2.45, 2.75) is 96.1 Å². The van der Waals surface area contributed by atoms with Gasteiger partial charge >= 0.3 is 5.97 Å². The molecule has 0 aliphatic carbocycles. The van der Waals surface area contributed by atoms with E-state index < -0.39 is 5.97 Å². The van der Waals surface area contributed by atoms with Gasteiger partial charge < -0.3 is 15.2 Å². The first-order valence-electron chi connectivity index (χ1n) is 11.8. The Kier molecular flexibility index (Phi) is 15.8. The summed E-state index contributed by atoms with van der Waals surface area (Å²) < 4.78 is 5.73. The molecule has 0 saturated carbocycles. The van der Waals surface area contributed by atoms with Gasteiger partial charge in [-0.25, -0.2) is 0 Å². The highest BCUT2D eigenvalue weighted by Crippen LogP contribution is 2.24. The summed E-state index contributed by atoms with van der Waals surface area (Å²) >= 11 is 2.05. The van der Waals surface area contributed by atoms with E-state index in [9.17, 15) is 9.59 Å². The van der Waals surface area contributed by atoms with Gasteiger partial charge in [0.05, 0.1) is 12.3 Å². The van der Waals surface area contributed by atoms with Crippen LogP contribution in [0, 0.1) is 0 Å². The van der Waals surface area contributed by atoms with E-state index >= 15 is 0 Å². The number of hydrogen-bond donors (Lipinski definition) is 2. The second-order valence-electron chi connectivity index (χ2n) is 8.24. The normalized spacial score (nSPS) is 10.9. The summed E-state index contributed by atoms with van der Waals surface area (Å²) in [5.74, 6) is 1.15. The quantitative estimate of drug-likeness (QED) is 0.223. The number of aliphatic carboxylic acids is 1. The largest absolute Gasteiger partial charge is 0.491 e. The zero-order chi connectivity index (χ0) is 22.7. The van der Waals surface area contributed by atoms with Crippen LogP contribution in [-0.4, -0.2) is 34.6 Å². The minimum atomic E-state index is -0.788. The summed E-state index contributed by atoms with van der Waals surface area (Å²) in [6.07, 6.45) is 11.7. The third-order valence-electron chi connectivity index (χ3n) is 4.95. The van der Waals surface area contributed by atoms with Crippen molar-refractivity contribution in [3.63, 3.8) is 0 Å². The van der Waals surface area contributed by atoms with E-state index in [2.05, 4.69) is 30.9 Å². The molecule has 2 N–H and O–H groups in total. The van der Waals surface area contributed by atoms with E-state index in [0.717, 1.165) is 18.1 Å². The van der Waals surface area contributed by atoms with E-state index in [1.165, 1.54) is 44.3 Å². The second-order valence-corrected chi connectivity index (χ2v) is 9.93. The SMILES string of the molecule is CC(C)SCCCCCCCCCCC(=O)Nc1ccccc1OCCCCC(=O)O. The average Bonchev–Trinajstić information content (AvgIpc) is 2.72. The Balaban J connectivity index is 2.10. The Morgan fingerprint density at radius 2 is 1.52 bits per heavy atom. The van der Waals surface area contributed by atoms with Crippen LogP contribution >= 0.6 is 11.8 Å². The first kappa shape index (κ1) is 27.3. The monoisotopic (exact) mass is 451 g/mol. The van der Waals surface area contributed by atoms with Crippen molar-refractivity contribution in [2.75, 3.05) is 17.7 Å². The van der Waals surface area contributed by atoms with Crippen LogP contribution in [0.1, 0.15) is 90.9 Å². The van der Waals surface area contributed by atoms with Crippen LogP contribution in [0.25, 0.3) is 0 Å². The smallest absolute Gasteiger partial charge is 0.303 e. The molecule has 1 aromatic carbocycles. The van der Waals surface area contributed by atoms with Crippen LogP contribution in [0.3, 0.4) is 0 Å². The van der Waals surface area contributed by atoms with E-state index in [4.69, 9.17) is 9.84 Å². The van der Waals surface area contributed by atoms with Gasteiger partial charge in [0.25, 0.3) is 0 Å². The van der Waals surface area contributed by atoms with Crippen LogP contribution in [-0.2, 0) is 9.59 Å². The fraction of sp³-hybridized carbons (Fsp3) is 0.680. The van der Waals surface area contributed by atoms with Crippen LogP contribution in [0.2, 0.25) is 0 Å². The van der Waals surface area contributed by atoms with E-state index in [1.807, 2.05) is 24.3 Å². The number of para-hydroxylation sites is 2. The molecule has 0 spiro atoms. The lowest BCUT2D eigenvalue weighted by Gasteiger charge is -2.12. The number of anilines is 1. The predicted octanol–water partition coefficient (Wildman–Crippen LogP) is 6.91. The number of amides is 1. The maximum Gasteiger partial charge on any atom is 0.303 e. The van der Waals surface area contributed by atoms with Gasteiger partial charge in [-0.3, -0.25) is 9.59 Å². The Morgan fingerprint density at radius 1 is 0.903 bits per heavy atom. The highest BCUT2D eigenvalue weighted by atomic mass is 32.2. The van der Waals surface area contributed by atoms with Crippen molar-refractivity contribution in [1.29, 1.82) is 0 Å². The number of benzene rings is 1. The molecule has 0 aliphatic rings. The minimum Gasteiger partial charge on any atom is -0.491 e. The molecule has 176 valence electrons. The number of ether oxygens (including phenoxy) is 1. The molecule has 1 amide bonds. The second kappa shape index (κ2) is 17.9. The number of carboxylic acids is 1. The molecule has 0 unspecified atom stereocenters. The zero-order valence-electron chi connectivity index (χ0n) is 19.4. The Bertz CT molecular complexity index is 621. The molecule has 0 atom stereocenters. The highest BCUT2D eigenvalue weighted by Gasteiger charge is 2.08. The number of hydrogen-bond acceptors (Lipinski definition) is 4. The van der Waals surface area contributed by atoms with Crippen molar-refractivity contribution in [3.05, 3.63) is 24.3 Å². The lowest BCUT2D eigenvalue weighted by molar-refractivity contribution is -0.137. The summed E-state index contributed by atoms with van der Waals surface area (Å²) in [6, 6.07) is 7.40. The first-order chi connectivity index (χ1) is 15.0. The Hall–Kier alpha value is -1.69. The number of unbranched alkanes of at least 4 members (excludes halogenated alkanes) is 8. The number of nitrogens with one attached hydrogen (secondary N) is 1. The van der Waals surface area contributed by atoms with Crippen LogP contribution < -0.4 is 10.1 Å². The molecule has 6 heteroatoms. The molecule has 0 bridgehead atoms. The van der Waals surface area contributed by atoms with Gasteiger partial charge in [0.1, 0.15) is 5.75 Å². The Labute approximate surface area is 192 Å². The van der Waals surface area contributed by atoms with E-state index in [1.54, 1.807) is 0 Å². The predicted molar refractivity (Wildman–Crippen MR) is 131 cm³/mol. The van der Waals surface area contributed by atoms with Gasteiger partial charge in [-0.15, -0.1) is 0 Å². The van der Waals surface area contributed by atoms with Crippen LogP contribution in [0.4, 0.5) is 5.69 Å². The lowest BCUT2D eigenvalue weighted by Crippen LogP contribution is -2.12.